The summed E-state index contributed by atoms with van der Waals surface area (Å²) < 4.78 is 0. The van der Waals surface area contributed by atoms with Gasteiger partial charge in [0.1, 0.15) is 5.82 Å². The Labute approximate surface area is 71.0 Å². The fraction of sp³-hybridized carbons (Fsp3) is 0. The molecule has 0 aliphatic rings. The molecule has 0 aliphatic heterocycles. The first-order valence-electron chi connectivity index (χ1n) is 3.09. The summed E-state index contributed by atoms with van der Waals surface area (Å²) in [5.74, 6) is -1.05. The Morgan fingerprint density at radius 1 is 1.77 bits per heavy atom. The smallest absolute Gasteiger partial charge is 0.346 e. The van der Waals surface area contributed by atoms with E-state index in [-0.39, 0.29) is 11.4 Å². The number of aromatic nitrogens is 2. The third-order valence-electron chi connectivity index (χ3n) is 1.21. The van der Waals surface area contributed by atoms with Gasteiger partial charge in [0, 0.05) is 11.1 Å². The van der Waals surface area contributed by atoms with Crippen LogP contribution >= 0.6 is 0 Å². The average molecular weight is 180 g/mol. The number of nitrogens with two attached hydrogens (primary N) is 1. The second-order valence-corrected chi connectivity index (χ2v) is 2.01. The van der Waals surface area contributed by atoms with E-state index >= 15 is 0 Å². The second kappa shape index (κ2) is 3.37. The van der Waals surface area contributed by atoms with E-state index < -0.39 is 11.6 Å². The van der Waals surface area contributed by atoms with Crippen molar-refractivity contribution in [3.63, 3.8) is 0 Å². The highest BCUT2D eigenvalue weighted by Crippen LogP contribution is 2.04. The molecule has 1 rings (SSSR count). The maximum absolute atomic E-state index is 10.9. The largest absolute Gasteiger partial charge is 0.384 e. The molecule has 8 heteroatoms. The molecule has 0 aromatic carbocycles. The van der Waals surface area contributed by atoms with Gasteiger partial charge in [0.2, 0.25) is 0 Å². The molecule has 1 amide bonds. The minimum atomic E-state index is -0.885. The molecule has 0 radical (unpaired) electrons. The summed E-state index contributed by atoms with van der Waals surface area (Å²) >= 11 is 0. The van der Waals surface area contributed by atoms with E-state index in [1.165, 1.54) is 0 Å². The van der Waals surface area contributed by atoms with Crippen LogP contribution in [0, 0.1) is 0 Å². The summed E-state index contributed by atoms with van der Waals surface area (Å²) in [6.07, 6.45) is 0.950. The summed E-state index contributed by atoms with van der Waals surface area (Å²) in [4.78, 5) is 29.1. The number of hydrogen-bond donors (Lipinski definition) is 2. The number of carbonyl (C=O) groups is 1. The Hall–Kier alpha value is -2.34. The zero-order chi connectivity index (χ0) is 9.84. The van der Waals surface area contributed by atoms with Crippen LogP contribution in [0.25, 0.3) is 10.4 Å². The minimum absolute atomic E-state index is 0.127. The molecular weight excluding hydrogens is 176 g/mol. The van der Waals surface area contributed by atoms with E-state index in [0.717, 1.165) is 6.20 Å². The zero-order valence-electron chi connectivity index (χ0n) is 6.26. The molecule has 0 saturated carbocycles. The molecule has 1 heterocycles. The number of hydrogen-bond acceptors (Lipinski definition) is 4. The topological polar surface area (TPSA) is 138 Å². The second-order valence-electron chi connectivity index (χ2n) is 2.01. The van der Waals surface area contributed by atoms with Crippen molar-refractivity contribution in [3.05, 3.63) is 32.7 Å². The van der Waals surface area contributed by atoms with E-state index in [1.54, 1.807) is 0 Å². The molecule has 1 aromatic heterocycles. The van der Waals surface area contributed by atoms with Crippen molar-refractivity contribution in [1.29, 1.82) is 0 Å². The van der Waals surface area contributed by atoms with Gasteiger partial charge in [-0.2, -0.15) is 0 Å². The molecule has 1 aromatic rings. The Morgan fingerprint density at radius 3 is 3.00 bits per heavy atom. The molecule has 0 unspecified atom stereocenters. The Bertz CT molecular complexity index is 443. The van der Waals surface area contributed by atoms with Gasteiger partial charge >= 0.3 is 5.69 Å². The van der Waals surface area contributed by atoms with Crippen LogP contribution in [0.5, 0.6) is 0 Å². The van der Waals surface area contributed by atoms with Crippen molar-refractivity contribution in [2.75, 3.05) is 5.73 Å². The van der Waals surface area contributed by atoms with Gasteiger partial charge in [-0.1, -0.05) is 0 Å². The summed E-state index contributed by atoms with van der Waals surface area (Å²) in [6.45, 7) is 0. The maximum Gasteiger partial charge on any atom is 0.346 e. The highest BCUT2D eigenvalue weighted by Gasteiger charge is 2.08. The van der Waals surface area contributed by atoms with Gasteiger partial charge in [-0.15, -0.1) is 0 Å². The van der Waals surface area contributed by atoms with Crippen molar-refractivity contribution in [1.82, 2.24) is 9.97 Å². The molecule has 0 bridgehead atoms. The van der Waals surface area contributed by atoms with Crippen molar-refractivity contribution >= 4 is 11.7 Å². The third kappa shape index (κ3) is 1.82. The number of nitrogen functional groups attached to an aromatic ring is 1. The lowest BCUT2D eigenvalue weighted by Crippen LogP contribution is -2.15. The molecule has 66 valence electrons. The minimum Gasteiger partial charge on any atom is -0.384 e. The number of nitrogens with one attached hydrogen (secondary N) is 1. The molecule has 8 nitrogen and oxygen atoms in total. The van der Waals surface area contributed by atoms with Crippen molar-refractivity contribution < 1.29 is 4.79 Å². The van der Waals surface area contributed by atoms with E-state index in [9.17, 15) is 9.59 Å². The van der Waals surface area contributed by atoms with E-state index in [0.29, 0.717) is 0 Å². The third-order valence-corrected chi connectivity index (χ3v) is 1.21. The quantitative estimate of drug-likeness (QED) is 0.351. The van der Waals surface area contributed by atoms with Crippen molar-refractivity contribution in [2.45, 2.75) is 0 Å². The first kappa shape index (κ1) is 8.75. The van der Waals surface area contributed by atoms with Gasteiger partial charge in [0.25, 0.3) is 5.91 Å². The number of amides is 1. The van der Waals surface area contributed by atoms with Gasteiger partial charge in [-0.25, -0.2) is 9.78 Å². The van der Waals surface area contributed by atoms with Crippen LogP contribution in [0.4, 0.5) is 5.82 Å². The SMILES string of the molecule is [N-]=[N+]=NC(=O)c1cnc(=O)[nH]c1N. The van der Waals surface area contributed by atoms with Crippen LogP contribution in [0.15, 0.2) is 16.1 Å². The lowest BCUT2D eigenvalue weighted by Gasteiger charge is -1.96. The fourth-order valence-electron chi connectivity index (χ4n) is 0.672. The van der Waals surface area contributed by atoms with Crippen LogP contribution in [-0.4, -0.2) is 15.9 Å². The van der Waals surface area contributed by atoms with E-state index in [1.807, 2.05) is 0 Å². The van der Waals surface area contributed by atoms with E-state index in [2.05, 4.69) is 20.0 Å². The highest BCUT2D eigenvalue weighted by molar-refractivity contribution is 5.98. The lowest BCUT2D eigenvalue weighted by atomic mass is 10.3. The Balaban J connectivity index is 3.23. The fourth-order valence-corrected chi connectivity index (χ4v) is 0.672. The summed E-state index contributed by atoms with van der Waals surface area (Å²) in [6, 6.07) is 0. The van der Waals surface area contributed by atoms with Crippen molar-refractivity contribution in [2.24, 2.45) is 5.11 Å². The Morgan fingerprint density at radius 2 is 2.46 bits per heavy atom. The average Bonchev–Trinajstić information content (AvgIpc) is 2.04. The first-order valence-corrected chi connectivity index (χ1v) is 3.09. The molecule has 0 fully saturated rings. The predicted octanol–water partition coefficient (Wildman–Crippen LogP) is -0.197. The van der Waals surface area contributed by atoms with Crippen LogP contribution < -0.4 is 11.4 Å². The van der Waals surface area contributed by atoms with Gasteiger partial charge in [0.05, 0.1) is 5.56 Å². The molecule has 0 spiro atoms. The number of carbonyl (C=O) groups excluding carboxylic acids is 1. The summed E-state index contributed by atoms with van der Waals surface area (Å²) in [5.41, 5.74) is 12.4. The zero-order valence-corrected chi connectivity index (χ0v) is 6.26. The Kier molecular flexibility index (Phi) is 2.27. The van der Waals surface area contributed by atoms with Gasteiger partial charge in [0.15, 0.2) is 0 Å². The molecule has 3 N–H and O–H groups in total. The molecular formula is C5H4N6O2. The number of azide groups is 1. The number of rotatable bonds is 1. The van der Waals surface area contributed by atoms with Gasteiger partial charge in [-0.3, -0.25) is 9.78 Å². The molecule has 0 aliphatic carbocycles. The number of H-pyrrole nitrogens is 1. The van der Waals surface area contributed by atoms with Crippen LogP contribution in [-0.2, 0) is 0 Å². The number of anilines is 1. The molecule has 0 atom stereocenters. The van der Waals surface area contributed by atoms with Crippen LogP contribution in [0.2, 0.25) is 0 Å². The predicted molar refractivity (Wildman–Crippen MR) is 42.7 cm³/mol. The normalized spacial score (nSPS) is 8.92. The number of nitrogens with zero attached hydrogens (tertiary/aromatic N) is 4. The molecule has 0 saturated heterocycles. The maximum atomic E-state index is 10.9. The van der Waals surface area contributed by atoms with E-state index in [4.69, 9.17) is 11.3 Å². The van der Waals surface area contributed by atoms with Gasteiger partial charge < -0.3 is 5.73 Å². The van der Waals surface area contributed by atoms with Crippen molar-refractivity contribution in [3.8, 4) is 0 Å². The monoisotopic (exact) mass is 180 g/mol. The summed E-state index contributed by atoms with van der Waals surface area (Å²) in [7, 11) is 0. The standard InChI is InChI=1S/C5H4N6O2/c6-3-2(4(12)10-11-7)1-8-5(13)9-3/h1H,(H3,6,8,9,13). The number of aromatic amines is 1. The van der Waals surface area contributed by atoms with Crippen LogP contribution in [0.3, 0.4) is 0 Å². The molecule has 13 heavy (non-hydrogen) atoms. The summed E-state index contributed by atoms with van der Waals surface area (Å²) in [5, 5.41) is 2.78. The first-order chi connectivity index (χ1) is 6.15. The van der Waals surface area contributed by atoms with Gasteiger partial charge in [-0.05, 0) is 10.6 Å². The van der Waals surface area contributed by atoms with Crippen LogP contribution in [0.1, 0.15) is 10.4 Å². The lowest BCUT2D eigenvalue weighted by molar-refractivity contribution is 0.100. The highest BCUT2D eigenvalue weighted by atomic mass is 16.2.